The second-order valence-corrected chi connectivity index (χ2v) is 7.35. The normalized spacial score (nSPS) is 10.8. The van der Waals surface area contributed by atoms with Gasteiger partial charge < -0.3 is 16.4 Å². The lowest BCUT2D eigenvalue weighted by molar-refractivity contribution is 0.0950. The van der Waals surface area contributed by atoms with Crippen LogP contribution in [0.5, 0.6) is 0 Å². The first-order chi connectivity index (χ1) is 13.6. The SMILES string of the molecule is CCCCNC(=O)c1ccc(C(N)=O)c(CCNc2nsc3ccccc23)c1. The highest BCUT2D eigenvalue weighted by atomic mass is 32.1. The predicted octanol–water partition coefficient (Wildman–Crippen LogP) is 3.58. The predicted molar refractivity (Wildman–Crippen MR) is 114 cm³/mol. The fourth-order valence-corrected chi connectivity index (χ4v) is 3.75. The maximum atomic E-state index is 12.3. The molecule has 0 fully saturated rings. The Morgan fingerprint density at radius 3 is 2.75 bits per heavy atom. The van der Waals surface area contributed by atoms with Gasteiger partial charge in [0.25, 0.3) is 5.91 Å². The largest absolute Gasteiger partial charge is 0.368 e. The molecule has 2 amide bonds. The number of primary amides is 1. The van der Waals surface area contributed by atoms with Gasteiger partial charge in [-0.25, -0.2) is 0 Å². The van der Waals surface area contributed by atoms with E-state index in [-0.39, 0.29) is 5.91 Å². The van der Waals surface area contributed by atoms with Gasteiger partial charge in [-0.05, 0) is 60.3 Å². The van der Waals surface area contributed by atoms with Gasteiger partial charge >= 0.3 is 0 Å². The van der Waals surface area contributed by atoms with Crippen LogP contribution in [0, 0.1) is 0 Å². The number of carbonyl (C=O) groups is 2. The average molecular weight is 397 g/mol. The van der Waals surface area contributed by atoms with Crippen LogP contribution >= 0.6 is 11.5 Å². The molecule has 0 aliphatic carbocycles. The lowest BCUT2D eigenvalue weighted by Gasteiger charge is -2.11. The molecule has 4 N–H and O–H groups in total. The van der Waals surface area contributed by atoms with Crippen LogP contribution in [0.1, 0.15) is 46.0 Å². The second-order valence-electron chi connectivity index (χ2n) is 6.55. The molecule has 0 aliphatic rings. The van der Waals surface area contributed by atoms with Crippen molar-refractivity contribution < 1.29 is 9.59 Å². The average Bonchev–Trinajstić information content (AvgIpc) is 3.11. The van der Waals surface area contributed by atoms with Crippen LogP contribution < -0.4 is 16.4 Å². The summed E-state index contributed by atoms with van der Waals surface area (Å²) in [4.78, 5) is 24.1. The molecule has 0 saturated carbocycles. The zero-order valence-electron chi connectivity index (χ0n) is 15.8. The number of unbranched alkanes of at least 4 members (excludes halogenated alkanes) is 1. The fraction of sp³-hybridized carbons (Fsp3) is 0.286. The standard InChI is InChI=1S/C21H24N4O2S/c1-2-3-11-24-21(27)15-8-9-16(19(22)26)14(13-15)10-12-23-20-17-6-4-5-7-18(17)28-25-20/h4-9,13H,2-3,10-12H2,1H3,(H2,22,26)(H,23,25)(H,24,27). The van der Waals surface area contributed by atoms with Crippen LogP contribution in [0.2, 0.25) is 0 Å². The maximum absolute atomic E-state index is 12.3. The highest BCUT2D eigenvalue weighted by molar-refractivity contribution is 7.13. The summed E-state index contributed by atoms with van der Waals surface area (Å²) >= 11 is 1.44. The molecule has 3 rings (SSSR count). The number of anilines is 1. The first-order valence-corrected chi connectivity index (χ1v) is 10.2. The van der Waals surface area contributed by atoms with Crippen molar-refractivity contribution in [3.8, 4) is 0 Å². The first kappa shape index (κ1) is 19.8. The van der Waals surface area contributed by atoms with E-state index in [0.29, 0.717) is 30.6 Å². The van der Waals surface area contributed by atoms with Crippen molar-refractivity contribution in [2.45, 2.75) is 26.2 Å². The molecule has 1 aromatic heterocycles. The maximum Gasteiger partial charge on any atom is 0.251 e. The zero-order chi connectivity index (χ0) is 19.9. The smallest absolute Gasteiger partial charge is 0.251 e. The fourth-order valence-electron chi connectivity index (χ4n) is 2.99. The third kappa shape index (κ3) is 4.67. The van der Waals surface area contributed by atoms with Gasteiger partial charge in [0.2, 0.25) is 5.91 Å². The van der Waals surface area contributed by atoms with Crippen molar-refractivity contribution >= 4 is 39.3 Å². The van der Waals surface area contributed by atoms with Gasteiger partial charge in [0, 0.05) is 29.6 Å². The summed E-state index contributed by atoms with van der Waals surface area (Å²) in [7, 11) is 0. The third-order valence-electron chi connectivity index (χ3n) is 4.51. The molecule has 0 radical (unpaired) electrons. The number of nitrogens with zero attached hydrogens (tertiary/aromatic N) is 1. The number of fused-ring (bicyclic) bond motifs is 1. The van der Waals surface area contributed by atoms with Gasteiger partial charge in [-0.2, -0.15) is 4.37 Å². The summed E-state index contributed by atoms with van der Waals surface area (Å²) < 4.78 is 5.57. The molecule has 0 bridgehead atoms. The van der Waals surface area contributed by atoms with Gasteiger partial charge in [-0.3, -0.25) is 9.59 Å². The van der Waals surface area contributed by atoms with Crippen molar-refractivity contribution in [3.63, 3.8) is 0 Å². The van der Waals surface area contributed by atoms with E-state index in [1.54, 1.807) is 18.2 Å². The highest BCUT2D eigenvalue weighted by Gasteiger charge is 2.13. The molecule has 6 nitrogen and oxygen atoms in total. The van der Waals surface area contributed by atoms with E-state index in [1.165, 1.54) is 11.5 Å². The molecule has 146 valence electrons. The van der Waals surface area contributed by atoms with E-state index in [4.69, 9.17) is 5.73 Å². The number of nitrogens with one attached hydrogen (secondary N) is 2. The van der Waals surface area contributed by atoms with Crippen LogP contribution in [0.3, 0.4) is 0 Å². The van der Waals surface area contributed by atoms with Gasteiger partial charge in [-0.1, -0.05) is 25.5 Å². The minimum absolute atomic E-state index is 0.135. The molecule has 0 atom stereocenters. The number of hydrogen-bond acceptors (Lipinski definition) is 5. The number of benzene rings is 2. The molecule has 0 saturated heterocycles. The molecule has 0 unspecified atom stereocenters. The monoisotopic (exact) mass is 396 g/mol. The highest BCUT2D eigenvalue weighted by Crippen LogP contribution is 2.26. The van der Waals surface area contributed by atoms with Crippen LogP contribution in [-0.4, -0.2) is 29.3 Å². The van der Waals surface area contributed by atoms with E-state index < -0.39 is 5.91 Å². The molecule has 7 heteroatoms. The van der Waals surface area contributed by atoms with Crippen molar-refractivity contribution in [1.82, 2.24) is 9.69 Å². The summed E-state index contributed by atoms with van der Waals surface area (Å²) in [6.07, 6.45) is 2.51. The van der Waals surface area contributed by atoms with E-state index in [2.05, 4.69) is 21.9 Å². The summed E-state index contributed by atoms with van der Waals surface area (Å²) in [5.41, 5.74) is 7.24. The molecule has 1 heterocycles. The first-order valence-electron chi connectivity index (χ1n) is 9.39. The van der Waals surface area contributed by atoms with Crippen LogP contribution in [0.25, 0.3) is 10.1 Å². The van der Waals surface area contributed by atoms with E-state index in [1.807, 2.05) is 24.3 Å². The molecule has 3 aromatic rings. The number of amides is 2. The Morgan fingerprint density at radius 2 is 1.96 bits per heavy atom. The van der Waals surface area contributed by atoms with Crippen molar-refractivity contribution in [3.05, 3.63) is 59.2 Å². The molecule has 28 heavy (non-hydrogen) atoms. The van der Waals surface area contributed by atoms with Crippen molar-refractivity contribution in [1.29, 1.82) is 0 Å². The topological polar surface area (TPSA) is 97.1 Å². The van der Waals surface area contributed by atoms with Crippen LogP contribution in [-0.2, 0) is 6.42 Å². The number of hydrogen-bond donors (Lipinski definition) is 3. The van der Waals surface area contributed by atoms with Gasteiger partial charge in [0.05, 0.1) is 4.70 Å². The summed E-state index contributed by atoms with van der Waals surface area (Å²) in [5.74, 6) is 0.200. The molecule has 2 aromatic carbocycles. The molecular weight excluding hydrogens is 372 g/mol. The van der Waals surface area contributed by atoms with Crippen LogP contribution in [0.15, 0.2) is 42.5 Å². The molecule has 0 aliphatic heterocycles. The lowest BCUT2D eigenvalue weighted by atomic mass is 10.00. The Kier molecular flexibility index (Phi) is 6.60. The molecule has 0 spiro atoms. The number of aromatic nitrogens is 1. The van der Waals surface area contributed by atoms with E-state index in [0.717, 1.165) is 34.3 Å². The van der Waals surface area contributed by atoms with Crippen molar-refractivity contribution in [2.24, 2.45) is 5.73 Å². The van der Waals surface area contributed by atoms with E-state index >= 15 is 0 Å². The van der Waals surface area contributed by atoms with Gasteiger partial charge in [0.1, 0.15) is 5.82 Å². The summed E-state index contributed by atoms with van der Waals surface area (Å²) in [5, 5.41) is 7.29. The van der Waals surface area contributed by atoms with E-state index in [9.17, 15) is 9.59 Å². The quantitative estimate of drug-likeness (QED) is 0.482. The van der Waals surface area contributed by atoms with Crippen molar-refractivity contribution in [2.75, 3.05) is 18.4 Å². The Bertz CT molecular complexity index is 983. The minimum atomic E-state index is -0.493. The van der Waals surface area contributed by atoms with Crippen LogP contribution in [0.4, 0.5) is 5.82 Å². The summed E-state index contributed by atoms with van der Waals surface area (Å²) in [6.45, 7) is 3.29. The number of nitrogens with two attached hydrogens (primary N) is 1. The number of carbonyl (C=O) groups excluding carboxylic acids is 2. The zero-order valence-corrected chi connectivity index (χ0v) is 16.6. The van der Waals surface area contributed by atoms with Gasteiger partial charge in [0.15, 0.2) is 0 Å². The van der Waals surface area contributed by atoms with Gasteiger partial charge in [-0.15, -0.1) is 0 Å². The summed E-state index contributed by atoms with van der Waals surface area (Å²) in [6, 6.07) is 13.1. The third-order valence-corrected chi connectivity index (χ3v) is 5.34. The Labute approximate surface area is 168 Å². The Hall–Kier alpha value is -2.93. The Balaban J connectivity index is 1.71. The second kappa shape index (κ2) is 9.32. The minimum Gasteiger partial charge on any atom is -0.368 e. The Morgan fingerprint density at radius 1 is 1.14 bits per heavy atom. The number of rotatable bonds is 9. The lowest BCUT2D eigenvalue weighted by Crippen LogP contribution is -2.25. The molecular formula is C21H24N4O2S.